The molecular weight excluding hydrogens is 396 g/mol. The molecule has 168 valence electrons. The fraction of sp³-hybridized carbons (Fsp3) is 0.481. The predicted molar refractivity (Wildman–Crippen MR) is 130 cm³/mol. The van der Waals surface area contributed by atoms with Crippen LogP contribution in [-0.2, 0) is 6.54 Å². The molecule has 0 aromatic heterocycles. The largest absolute Gasteiger partial charge is 0.371 e. The molecule has 8 rings (SSSR count). The van der Waals surface area contributed by atoms with Gasteiger partial charge in [-0.05, 0) is 41.7 Å². The third-order valence-corrected chi connectivity index (χ3v) is 7.33. The fourth-order valence-electron chi connectivity index (χ4n) is 5.23. The molecule has 6 aliphatic rings. The van der Waals surface area contributed by atoms with Crippen LogP contribution in [0.3, 0.4) is 0 Å². The number of anilines is 1. The van der Waals surface area contributed by atoms with E-state index in [0.29, 0.717) is 18.5 Å². The zero-order chi connectivity index (χ0) is 21.9. The van der Waals surface area contributed by atoms with Crippen molar-refractivity contribution < 1.29 is 4.79 Å². The minimum Gasteiger partial charge on any atom is -0.371 e. The zero-order valence-corrected chi connectivity index (χ0v) is 19.1. The lowest BCUT2D eigenvalue weighted by Gasteiger charge is -2.27. The van der Waals surface area contributed by atoms with Gasteiger partial charge >= 0.3 is 6.03 Å². The standard InChI is InChI=1S/C27H34N4O/c1-20-22-9-7-21(8-10-22)19-30-16-15-26(28-24-5-3-2-4-6-24)29-27(32)31(18-17-30)25-13-11-23(20)12-14-25/h7-14,20,24H,2-6,15-19H2,1H3,(H,28,29,32). The molecule has 5 heterocycles. The van der Waals surface area contributed by atoms with Gasteiger partial charge in [-0.2, -0.15) is 4.99 Å². The molecular formula is C27H34N4O. The van der Waals surface area contributed by atoms with Crippen LogP contribution >= 0.6 is 0 Å². The topological polar surface area (TPSA) is 47.9 Å². The minimum absolute atomic E-state index is 0.151. The maximum atomic E-state index is 13.3. The fourth-order valence-corrected chi connectivity index (χ4v) is 5.23. The Morgan fingerprint density at radius 3 is 2.28 bits per heavy atom. The first kappa shape index (κ1) is 21.2. The summed E-state index contributed by atoms with van der Waals surface area (Å²) in [4.78, 5) is 22.2. The summed E-state index contributed by atoms with van der Waals surface area (Å²) in [6.45, 7) is 5.51. The lowest BCUT2D eigenvalue weighted by Crippen LogP contribution is -2.38. The highest BCUT2D eigenvalue weighted by molar-refractivity contribution is 6.01. The monoisotopic (exact) mass is 430 g/mol. The first-order chi connectivity index (χ1) is 15.7. The van der Waals surface area contributed by atoms with E-state index in [4.69, 9.17) is 0 Å². The number of hydrogen-bond acceptors (Lipinski definition) is 3. The number of benzene rings is 2. The summed E-state index contributed by atoms with van der Waals surface area (Å²) in [5, 5.41) is 3.64. The molecule has 0 spiro atoms. The van der Waals surface area contributed by atoms with Gasteiger partial charge in [-0.15, -0.1) is 0 Å². The highest BCUT2D eigenvalue weighted by Gasteiger charge is 2.23. The Morgan fingerprint density at radius 1 is 0.875 bits per heavy atom. The Hall–Kier alpha value is -2.66. The number of hydrogen-bond donors (Lipinski definition) is 1. The number of carbonyl (C=O) groups is 1. The van der Waals surface area contributed by atoms with Gasteiger partial charge in [0.25, 0.3) is 0 Å². The van der Waals surface area contributed by atoms with Gasteiger partial charge in [0.1, 0.15) is 5.84 Å². The van der Waals surface area contributed by atoms with E-state index in [2.05, 4.69) is 70.7 Å². The Morgan fingerprint density at radius 2 is 1.56 bits per heavy atom. The van der Waals surface area contributed by atoms with Crippen molar-refractivity contribution in [1.82, 2.24) is 10.2 Å². The van der Waals surface area contributed by atoms with Crippen LogP contribution in [0.2, 0.25) is 0 Å². The maximum Gasteiger partial charge on any atom is 0.349 e. The smallest absolute Gasteiger partial charge is 0.349 e. The van der Waals surface area contributed by atoms with E-state index in [1.807, 2.05) is 4.90 Å². The van der Waals surface area contributed by atoms with Crippen molar-refractivity contribution in [3.05, 3.63) is 65.2 Å². The molecule has 32 heavy (non-hydrogen) atoms. The van der Waals surface area contributed by atoms with E-state index in [1.54, 1.807) is 0 Å². The van der Waals surface area contributed by atoms with Crippen LogP contribution in [0.15, 0.2) is 53.5 Å². The minimum atomic E-state index is -0.151. The second kappa shape index (κ2) is 9.45. The first-order valence-corrected chi connectivity index (χ1v) is 12.2. The van der Waals surface area contributed by atoms with Crippen LogP contribution in [-0.4, -0.2) is 42.4 Å². The van der Waals surface area contributed by atoms with Crippen LogP contribution in [0.25, 0.3) is 0 Å². The number of nitrogens with one attached hydrogen (secondary N) is 1. The highest BCUT2D eigenvalue weighted by atomic mass is 16.2. The predicted octanol–water partition coefficient (Wildman–Crippen LogP) is 5.30. The van der Waals surface area contributed by atoms with Gasteiger partial charge in [-0.3, -0.25) is 9.80 Å². The first-order valence-electron chi connectivity index (χ1n) is 12.2. The van der Waals surface area contributed by atoms with Crippen molar-refractivity contribution in [3.63, 3.8) is 0 Å². The summed E-state index contributed by atoms with van der Waals surface area (Å²) in [6, 6.07) is 17.8. The Bertz CT molecular complexity index is 960. The Balaban J connectivity index is 1.49. The normalized spacial score (nSPS) is 26.1. The molecule has 2 atom stereocenters. The third-order valence-electron chi connectivity index (χ3n) is 7.33. The average Bonchev–Trinajstić information content (AvgIpc) is 2.89. The van der Waals surface area contributed by atoms with Gasteiger partial charge in [-0.1, -0.05) is 62.6 Å². The van der Waals surface area contributed by atoms with Crippen molar-refractivity contribution in [3.8, 4) is 0 Å². The number of nitrogens with zero attached hydrogens (tertiary/aromatic N) is 3. The number of amidine groups is 1. The number of rotatable bonds is 1. The lowest BCUT2D eigenvalue weighted by atomic mass is 9.92. The van der Waals surface area contributed by atoms with Gasteiger partial charge in [0, 0.05) is 50.2 Å². The number of carbonyl (C=O) groups excluding carboxylic acids is 1. The molecule has 1 saturated carbocycles. The Kier molecular flexibility index (Phi) is 6.26. The molecule has 1 N–H and O–H groups in total. The average molecular weight is 431 g/mol. The van der Waals surface area contributed by atoms with Crippen LogP contribution in [0.1, 0.15) is 68.1 Å². The van der Waals surface area contributed by atoms with Gasteiger partial charge in [0.15, 0.2) is 0 Å². The summed E-state index contributed by atoms with van der Waals surface area (Å²) >= 11 is 0. The zero-order valence-electron chi connectivity index (χ0n) is 19.1. The van der Waals surface area contributed by atoms with Crippen LogP contribution < -0.4 is 10.2 Å². The van der Waals surface area contributed by atoms with Crippen molar-refractivity contribution in [2.45, 2.75) is 64.0 Å². The van der Waals surface area contributed by atoms with Crippen molar-refractivity contribution in [2.24, 2.45) is 4.99 Å². The number of amides is 2. The van der Waals surface area contributed by atoms with Crippen LogP contribution in [0.5, 0.6) is 0 Å². The summed E-state index contributed by atoms with van der Waals surface area (Å²) in [5.41, 5.74) is 4.84. The SMILES string of the molecule is CC1c2ccc(cc2)CN2CC/C(NC3CCCCC3)=N\C(=O)N(CC2)c2ccc1cc2. The van der Waals surface area contributed by atoms with Gasteiger partial charge in [0.2, 0.25) is 0 Å². The summed E-state index contributed by atoms with van der Waals surface area (Å²) < 4.78 is 0. The molecule has 2 unspecified atom stereocenters. The van der Waals surface area contributed by atoms with Gasteiger partial charge in [-0.25, -0.2) is 4.79 Å². The summed E-state index contributed by atoms with van der Waals surface area (Å²) in [7, 11) is 0. The number of urea groups is 1. The molecule has 5 nitrogen and oxygen atoms in total. The molecule has 2 aromatic carbocycles. The second-order valence-corrected chi connectivity index (χ2v) is 9.55. The van der Waals surface area contributed by atoms with Crippen molar-refractivity contribution in [1.29, 1.82) is 0 Å². The molecule has 5 aliphatic heterocycles. The maximum absolute atomic E-state index is 13.3. The van der Waals surface area contributed by atoms with Gasteiger partial charge in [0.05, 0.1) is 0 Å². The summed E-state index contributed by atoms with van der Waals surface area (Å²) in [5.74, 6) is 1.17. The van der Waals surface area contributed by atoms with Gasteiger partial charge < -0.3 is 5.32 Å². The van der Waals surface area contributed by atoms with Crippen molar-refractivity contribution >= 4 is 17.6 Å². The quantitative estimate of drug-likeness (QED) is 0.667. The Labute approximate surface area is 191 Å². The van der Waals surface area contributed by atoms with E-state index < -0.39 is 0 Å². The molecule has 1 aliphatic carbocycles. The molecule has 2 amide bonds. The molecule has 2 aromatic rings. The molecule has 1 fully saturated rings. The third kappa shape index (κ3) is 4.73. The van der Waals surface area contributed by atoms with E-state index >= 15 is 0 Å². The molecule has 5 heteroatoms. The highest BCUT2D eigenvalue weighted by Crippen LogP contribution is 2.28. The number of aliphatic imine (C=N–C) groups is 1. The van der Waals surface area contributed by atoms with Crippen molar-refractivity contribution in [2.75, 3.05) is 24.5 Å². The van der Waals surface area contributed by atoms with E-state index in [0.717, 1.165) is 37.6 Å². The van der Waals surface area contributed by atoms with E-state index in [1.165, 1.54) is 48.8 Å². The van der Waals surface area contributed by atoms with E-state index in [-0.39, 0.29) is 6.03 Å². The van der Waals surface area contributed by atoms with Crippen LogP contribution in [0, 0.1) is 0 Å². The summed E-state index contributed by atoms with van der Waals surface area (Å²) in [6.07, 6.45) is 6.97. The lowest BCUT2D eigenvalue weighted by molar-refractivity contribution is 0.250. The van der Waals surface area contributed by atoms with Crippen LogP contribution in [0.4, 0.5) is 10.5 Å². The second-order valence-electron chi connectivity index (χ2n) is 9.55. The molecule has 0 radical (unpaired) electrons. The van der Waals surface area contributed by atoms with E-state index in [9.17, 15) is 4.79 Å². The molecule has 6 bridgehead atoms. The molecule has 0 saturated heterocycles.